The number of hydrogen-bond acceptors (Lipinski definition) is 2. The predicted octanol–water partition coefficient (Wildman–Crippen LogP) is 1.85. The summed E-state index contributed by atoms with van der Waals surface area (Å²) in [6.45, 7) is 8.87. The molecule has 13 heavy (non-hydrogen) atoms. The van der Waals surface area contributed by atoms with Crippen LogP contribution < -0.4 is 0 Å². The average Bonchev–Trinajstić information content (AvgIpc) is 2.13. The van der Waals surface area contributed by atoms with Gasteiger partial charge in [0.05, 0.1) is 12.7 Å². The van der Waals surface area contributed by atoms with Crippen LogP contribution in [0.25, 0.3) is 0 Å². The quantitative estimate of drug-likeness (QED) is 0.284. The van der Waals surface area contributed by atoms with E-state index >= 15 is 0 Å². The first-order chi connectivity index (χ1) is 6.11. The Kier molecular flexibility index (Phi) is 5.06. The monoisotopic (exact) mass is 176 g/mol. The molecule has 2 heteroatoms. The van der Waals surface area contributed by atoms with Crippen LogP contribution in [0.4, 0.5) is 0 Å². The minimum atomic E-state index is -0.450. The second-order valence-electron chi connectivity index (χ2n) is 2.25. The van der Waals surface area contributed by atoms with Crippen molar-refractivity contribution in [2.75, 3.05) is 7.11 Å². The lowest BCUT2D eigenvalue weighted by molar-refractivity contribution is -0.135. The number of esters is 1. The van der Waals surface area contributed by atoms with Crippen molar-refractivity contribution < 1.29 is 9.53 Å². The van der Waals surface area contributed by atoms with E-state index < -0.39 is 5.97 Å². The van der Waals surface area contributed by atoms with E-state index in [1.165, 1.54) is 13.2 Å². The second-order valence-corrected chi connectivity index (χ2v) is 2.25. The minimum absolute atomic E-state index is 0.279. The molecule has 0 fully saturated rings. The van der Waals surface area contributed by atoms with Gasteiger partial charge in [-0.1, -0.05) is 19.1 Å². The van der Waals surface area contributed by atoms with Crippen molar-refractivity contribution in [3.05, 3.63) is 36.5 Å². The van der Waals surface area contributed by atoms with Gasteiger partial charge in [0.2, 0.25) is 0 Å². The topological polar surface area (TPSA) is 26.3 Å². The Hall–Kier alpha value is -1.75. The third-order valence-electron chi connectivity index (χ3n) is 1.22. The van der Waals surface area contributed by atoms with Crippen LogP contribution in [0.3, 0.4) is 0 Å². The molecule has 0 saturated carbocycles. The molecule has 2 nitrogen and oxygen atoms in total. The lowest BCUT2D eigenvalue weighted by Crippen LogP contribution is -2.00. The Balaban J connectivity index is 4.26. The molecule has 0 atom stereocenters. The zero-order valence-electron chi connectivity index (χ0n) is 7.89. The van der Waals surface area contributed by atoms with Gasteiger partial charge in [0.25, 0.3) is 0 Å². The third-order valence-corrected chi connectivity index (χ3v) is 1.22. The predicted molar refractivity (Wildman–Crippen MR) is 52.9 cm³/mol. The van der Waals surface area contributed by atoms with Crippen LogP contribution in [0.1, 0.15) is 6.92 Å². The summed E-state index contributed by atoms with van der Waals surface area (Å²) in [7, 11) is 1.31. The van der Waals surface area contributed by atoms with Gasteiger partial charge in [-0.25, -0.2) is 4.79 Å². The standard InChI is InChI=1S/C11H12O2/c1-5-6-9(2)7-8-10(3)11(12)13-4/h7-8H,2-3H2,1,4H3/b8-7-. The van der Waals surface area contributed by atoms with E-state index in [9.17, 15) is 4.79 Å². The highest BCUT2D eigenvalue weighted by molar-refractivity contribution is 5.90. The van der Waals surface area contributed by atoms with E-state index in [0.29, 0.717) is 5.57 Å². The van der Waals surface area contributed by atoms with Crippen molar-refractivity contribution >= 4 is 5.97 Å². The maximum Gasteiger partial charge on any atom is 0.337 e. The maximum absolute atomic E-state index is 10.8. The molecule has 0 amide bonds. The number of carbonyl (C=O) groups excluding carboxylic acids is 1. The van der Waals surface area contributed by atoms with Crippen LogP contribution in [-0.4, -0.2) is 13.1 Å². The molecule has 0 aliphatic heterocycles. The number of methoxy groups -OCH3 is 1. The number of carbonyl (C=O) groups is 1. The van der Waals surface area contributed by atoms with Gasteiger partial charge in [0.1, 0.15) is 0 Å². The van der Waals surface area contributed by atoms with E-state index in [2.05, 4.69) is 29.7 Å². The summed E-state index contributed by atoms with van der Waals surface area (Å²) in [4.78, 5) is 10.8. The van der Waals surface area contributed by atoms with E-state index in [0.717, 1.165) is 0 Å². The van der Waals surface area contributed by atoms with Crippen molar-refractivity contribution in [1.29, 1.82) is 0 Å². The Labute approximate surface area is 78.6 Å². The van der Waals surface area contributed by atoms with Crippen LogP contribution in [0.15, 0.2) is 36.5 Å². The molecule has 0 aromatic carbocycles. The minimum Gasteiger partial charge on any atom is -0.465 e. The van der Waals surface area contributed by atoms with E-state index in [-0.39, 0.29) is 5.57 Å². The van der Waals surface area contributed by atoms with Gasteiger partial charge in [-0.3, -0.25) is 0 Å². The first-order valence-electron chi connectivity index (χ1n) is 3.68. The first-order valence-corrected chi connectivity index (χ1v) is 3.68. The van der Waals surface area contributed by atoms with Crippen molar-refractivity contribution in [3.8, 4) is 11.8 Å². The van der Waals surface area contributed by atoms with E-state index in [1.807, 2.05) is 0 Å². The highest BCUT2D eigenvalue weighted by Gasteiger charge is 2.00. The number of ether oxygens (including phenoxy) is 1. The zero-order valence-corrected chi connectivity index (χ0v) is 7.89. The Morgan fingerprint density at radius 1 is 1.38 bits per heavy atom. The first kappa shape index (κ1) is 11.2. The van der Waals surface area contributed by atoms with Crippen LogP contribution in [0.2, 0.25) is 0 Å². The Morgan fingerprint density at radius 2 is 2.00 bits per heavy atom. The fourth-order valence-corrected chi connectivity index (χ4v) is 0.603. The molecule has 0 aliphatic rings. The van der Waals surface area contributed by atoms with Crippen molar-refractivity contribution in [3.63, 3.8) is 0 Å². The van der Waals surface area contributed by atoms with Gasteiger partial charge < -0.3 is 4.74 Å². The zero-order chi connectivity index (χ0) is 10.3. The molecular weight excluding hydrogens is 164 g/mol. The molecule has 0 radical (unpaired) electrons. The molecule has 0 unspecified atom stereocenters. The Bertz CT molecular complexity index is 311. The molecule has 0 saturated heterocycles. The normalized spacial score (nSPS) is 8.77. The summed E-state index contributed by atoms with van der Waals surface area (Å²) >= 11 is 0. The highest BCUT2D eigenvalue weighted by Crippen LogP contribution is 1.99. The van der Waals surface area contributed by atoms with Crippen molar-refractivity contribution in [2.24, 2.45) is 0 Å². The van der Waals surface area contributed by atoms with Crippen molar-refractivity contribution in [2.45, 2.75) is 6.92 Å². The lowest BCUT2D eigenvalue weighted by Gasteiger charge is -1.95. The fraction of sp³-hybridized carbons (Fsp3) is 0.182. The van der Waals surface area contributed by atoms with Crippen LogP contribution in [0.5, 0.6) is 0 Å². The lowest BCUT2D eigenvalue weighted by atomic mass is 10.2. The molecule has 0 aliphatic carbocycles. The molecule has 0 aromatic heterocycles. The third kappa shape index (κ3) is 4.65. The van der Waals surface area contributed by atoms with E-state index in [4.69, 9.17) is 0 Å². The van der Waals surface area contributed by atoms with Gasteiger partial charge in [-0.05, 0) is 19.1 Å². The molecule has 0 aromatic rings. The van der Waals surface area contributed by atoms with Gasteiger partial charge in [0.15, 0.2) is 0 Å². The number of allylic oxidation sites excluding steroid dienone is 2. The molecule has 0 heterocycles. The smallest absolute Gasteiger partial charge is 0.337 e. The maximum atomic E-state index is 10.8. The fourth-order valence-electron chi connectivity index (χ4n) is 0.603. The molecule has 0 bridgehead atoms. The van der Waals surface area contributed by atoms with Crippen LogP contribution in [-0.2, 0) is 9.53 Å². The molecular formula is C11H12O2. The molecule has 68 valence electrons. The largest absolute Gasteiger partial charge is 0.465 e. The van der Waals surface area contributed by atoms with Gasteiger partial charge in [-0.15, -0.1) is 5.92 Å². The second kappa shape index (κ2) is 5.84. The highest BCUT2D eigenvalue weighted by atomic mass is 16.5. The van der Waals surface area contributed by atoms with Gasteiger partial charge in [0, 0.05) is 5.57 Å². The van der Waals surface area contributed by atoms with Gasteiger partial charge in [-0.2, -0.15) is 0 Å². The van der Waals surface area contributed by atoms with Crippen LogP contribution >= 0.6 is 0 Å². The van der Waals surface area contributed by atoms with Crippen molar-refractivity contribution in [1.82, 2.24) is 0 Å². The summed E-state index contributed by atoms with van der Waals surface area (Å²) < 4.78 is 4.45. The SMILES string of the molecule is C=C(C#CC)/C=C\C(=C)C(=O)OC. The summed E-state index contributed by atoms with van der Waals surface area (Å²) in [6, 6.07) is 0. The number of rotatable bonds is 3. The van der Waals surface area contributed by atoms with Crippen LogP contribution in [0, 0.1) is 11.8 Å². The molecule has 0 N–H and O–H groups in total. The van der Waals surface area contributed by atoms with E-state index in [1.54, 1.807) is 13.0 Å². The Morgan fingerprint density at radius 3 is 2.46 bits per heavy atom. The molecule has 0 rings (SSSR count). The summed E-state index contributed by atoms with van der Waals surface area (Å²) in [5.41, 5.74) is 0.911. The summed E-state index contributed by atoms with van der Waals surface area (Å²) in [5, 5.41) is 0. The number of hydrogen-bond donors (Lipinski definition) is 0. The van der Waals surface area contributed by atoms with Gasteiger partial charge >= 0.3 is 5.97 Å². The summed E-state index contributed by atoms with van der Waals surface area (Å²) in [5.74, 6) is 4.97. The average molecular weight is 176 g/mol. The summed E-state index contributed by atoms with van der Waals surface area (Å²) in [6.07, 6.45) is 3.15. The molecule has 0 spiro atoms.